The molecule has 0 spiro atoms. The average molecular weight is 218 g/mol. The molecule has 1 aromatic carbocycles. The molecule has 1 aliphatic heterocycles. The topological polar surface area (TPSA) is 52.0 Å². The average Bonchev–Trinajstić information content (AvgIpc) is 3.02. The molecule has 1 aliphatic rings. The minimum Gasteiger partial charge on any atom is -0.457 e. The van der Waals surface area contributed by atoms with Crippen LogP contribution in [0, 0.1) is 0 Å². The molecule has 0 saturated carbocycles. The Morgan fingerprint density at radius 1 is 1.44 bits per heavy atom. The van der Waals surface area contributed by atoms with Gasteiger partial charge in [-0.2, -0.15) is 0 Å². The van der Waals surface area contributed by atoms with E-state index < -0.39 is 5.97 Å². The van der Waals surface area contributed by atoms with Crippen molar-refractivity contribution in [2.24, 2.45) is 0 Å². The Balaban J connectivity index is 1.78. The number of ether oxygens (including phenoxy) is 2. The molecule has 16 heavy (non-hydrogen) atoms. The fraction of sp³-hybridized carbons (Fsp3) is 0.250. The Bertz CT molecular complexity index is 492. The first-order valence-corrected chi connectivity index (χ1v) is 5.10. The molecule has 82 valence electrons. The van der Waals surface area contributed by atoms with Gasteiger partial charge in [0.25, 0.3) is 0 Å². The van der Waals surface area contributed by atoms with E-state index >= 15 is 0 Å². The van der Waals surface area contributed by atoms with Gasteiger partial charge in [0.05, 0.1) is 6.61 Å². The van der Waals surface area contributed by atoms with Crippen molar-refractivity contribution in [2.75, 3.05) is 13.2 Å². The van der Waals surface area contributed by atoms with E-state index in [1.165, 1.54) is 0 Å². The predicted octanol–water partition coefficient (Wildman–Crippen LogP) is 1.99. The van der Waals surface area contributed by atoms with Crippen molar-refractivity contribution in [3.8, 4) is 0 Å². The van der Waals surface area contributed by atoms with Crippen molar-refractivity contribution < 1.29 is 18.7 Å². The van der Waals surface area contributed by atoms with E-state index in [4.69, 9.17) is 13.9 Å². The molecule has 0 amide bonds. The van der Waals surface area contributed by atoms with Crippen molar-refractivity contribution in [2.45, 2.75) is 6.10 Å². The Kier molecular flexibility index (Phi) is 2.15. The van der Waals surface area contributed by atoms with Crippen molar-refractivity contribution in [1.29, 1.82) is 0 Å². The fourth-order valence-electron chi connectivity index (χ4n) is 1.49. The molecule has 0 aliphatic carbocycles. The van der Waals surface area contributed by atoms with E-state index in [1.54, 1.807) is 6.07 Å². The molecule has 3 rings (SSSR count). The third-order valence-electron chi connectivity index (χ3n) is 2.43. The molecule has 4 heteroatoms. The van der Waals surface area contributed by atoms with Gasteiger partial charge in [0, 0.05) is 5.39 Å². The number of fused-ring (bicyclic) bond motifs is 1. The van der Waals surface area contributed by atoms with Gasteiger partial charge in [-0.05, 0) is 12.1 Å². The van der Waals surface area contributed by atoms with E-state index in [2.05, 4.69) is 0 Å². The summed E-state index contributed by atoms with van der Waals surface area (Å²) in [6.07, 6.45) is 0.0772. The number of hydrogen-bond donors (Lipinski definition) is 0. The minimum absolute atomic E-state index is 0.0772. The van der Waals surface area contributed by atoms with Gasteiger partial charge in [0.1, 0.15) is 18.3 Å². The predicted molar refractivity (Wildman–Crippen MR) is 56.2 cm³/mol. The normalized spacial score (nSPS) is 18.6. The van der Waals surface area contributed by atoms with Gasteiger partial charge in [-0.25, -0.2) is 4.79 Å². The number of carbonyl (C=O) groups is 1. The van der Waals surface area contributed by atoms with Crippen LogP contribution in [-0.2, 0) is 9.47 Å². The molecule has 0 radical (unpaired) electrons. The number of para-hydroxylation sites is 1. The first-order valence-electron chi connectivity index (χ1n) is 5.10. The smallest absolute Gasteiger partial charge is 0.374 e. The maximum absolute atomic E-state index is 11.6. The van der Waals surface area contributed by atoms with Crippen molar-refractivity contribution in [3.63, 3.8) is 0 Å². The fourth-order valence-corrected chi connectivity index (χ4v) is 1.49. The lowest BCUT2D eigenvalue weighted by Crippen LogP contribution is -2.08. The van der Waals surface area contributed by atoms with E-state index in [0.717, 1.165) is 5.39 Å². The number of furan rings is 1. The van der Waals surface area contributed by atoms with Gasteiger partial charge in [-0.3, -0.25) is 0 Å². The number of benzene rings is 1. The molecular formula is C12H10O4. The maximum atomic E-state index is 11.6. The zero-order valence-corrected chi connectivity index (χ0v) is 8.51. The monoisotopic (exact) mass is 218 g/mol. The Hall–Kier alpha value is -1.81. The zero-order valence-electron chi connectivity index (χ0n) is 8.51. The van der Waals surface area contributed by atoms with Crippen molar-refractivity contribution >= 4 is 16.9 Å². The third-order valence-corrected chi connectivity index (χ3v) is 2.43. The number of carbonyl (C=O) groups excluding carboxylic acids is 1. The molecule has 2 heterocycles. The Labute approximate surface area is 91.7 Å². The molecule has 4 nitrogen and oxygen atoms in total. The van der Waals surface area contributed by atoms with E-state index in [1.807, 2.05) is 24.3 Å². The summed E-state index contributed by atoms with van der Waals surface area (Å²) in [6, 6.07) is 9.14. The van der Waals surface area contributed by atoms with Crippen LogP contribution in [0.25, 0.3) is 11.0 Å². The molecule has 0 bridgehead atoms. The second kappa shape index (κ2) is 3.64. The number of esters is 1. The highest BCUT2D eigenvalue weighted by Crippen LogP contribution is 2.19. The quantitative estimate of drug-likeness (QED) is 0.584. The molecule has 1 aromatic heterocycles. The molecule has 1 fully saturated rings. The Morgan fingerprint density at radius 3 is 3.00 bits per heavy atom. The zero-order chi connectivity index (χ0) is 11.0. The summed E-state index contributed by atoms with van der Waals surface area (Å²) in [5.74, 6) is -0.200. The number of rotatable bonds is 3. The first kappa shape index (κ1) is 9.42. The second-order valence-corrected chi connectivity index (χ2v) is 3.70. The van der Waals surface area contributed by atoms with Crippen LogP contribution in [0.5, 0.6) is 0 Å². The van der Waals surface area contributed by atoms with E-state index in [-0.39, 0.29) is 11.9 Å². The largest absolute Gasteiger partial charge is 0.457 e. The van der Waals surface area contributed by atoms with E-state index in [9.17, 15) is 4.79 Å². The summed E-state index contributed by atoms with van der Waals surface area (Å²) in [6.45, 7) is 0.975. The summed E-state index contributed by atoms with van der Waals surface area (Å²) in [5, 5.41) is 0.900. The molecular weight excluding hydrogens is 208 g/mol. The SMILES string of the molecule is O=C(OCC1CO1)c1cc2ccccc2o1. The summed E-state index contributed by atoms with van der Waals surface area (Å²) in [5.41, 5.74) is 0.692. The van der Waals surface area contributed by atoms with Crippen LogP contribution in [0.3, 0.4) is 0 Å². The van der Waals surface area contributed by atoms with Crippen molar-refractivity contribution in [1.82, 2.24) is 0 Å². The second-order valence-electron chi connectivity index (χ2n) is 3.70. The highest BCUT2D eigenvalue weighted by molar-refractivity contribution is 5.92. The standard InChI is InChI=1S/C12H10O4/c13-12(15-7-9-6-14-9)11-5-8-3-1-2-4-10(8)16-11/h1-5,9H,6-7H2. The lowest BCUT2D eigenvalue weighted by atomic mass is 10.2. The van der Waals surface area contributed by atoms with Gasteiger partial charge in [0.15, 0.2) is 0 Å². The first-order chi connectivity index (χ1) is 7.83. The maximum Gasteiger partial charge on any atom is 0.374 e. The van der Waals surface area contributed by atoms with Gasteiger partial charge in [0.2, 0.25) is 5.76 Å². The van der Waals surface area contributed by atoms with Gasteiger partial charge in [-0.15, -0.1) is 0 Å². The van der Waals surface area contributed by atoms with Crippen LogP contribution in [0.1, 0.15) is 10.6 Å². The van der Waals surface area contributed by atoms with Crippen LogP contribution in [-0.4, -0.2) is 25.3 Å². The summed E-state index contributed by atoms with van der Waals surface area (Å²) < 4.78 is 15.3. The van der Waals surface area contributed by atoms with Gasteiger partial charge < -0.3 is 13.9 Å². The molecule has 0 N–H and O–H groups in total. The molecule has 1 unspecified atom stereocenters. The lowest BCUT2D eigenvalue weighted by molar-refractivity contribution is 0.0443. The lowest BCUT2D eigenvalue weighted by Gasteiger charge is -1.98. The van der Waals surface area contributed by atoms with Crippen molar-refractivity contribution in [3.05, 3.63) is 36.1 Å². The molecule has 1 saturated heterocycles. The van der Waals surface area contributed by atoms with Crippen LogP contribution in [0.4, 0.5) is 0 Å². The van der Waals surface area contributed by atoms with Gasteiger partial charge in [-0.1, -0.05) is 18.2 Å². The summed E-state index contributed by atoms with van der Waals surface area (Å²) in [7, 11) is 0. The van der Waals surface area contributed by atoms with Crippen LogP contribution in [0.15, 0.2) is 34.7 Å². The molecule has 2 aromatic rings. The highest BCUT2D eigenvalue weighted by atomic mass is 16.6. The van der Waals surface area contributed by atoms with E-state index in [0.29, 0.717) is 18.8 Å². The van der Waals surface area contributed by atoms with Crippen LogP contribution in [0.2, 0.25) is 0 Å². The van der Waals surface area contributed by atoms with Crippen LogP contribution < -0.4 is 0 Å². The minimum atomic E-state index is -0.438. The highest BCUT2D eigenvalue weighted by Gasteiger charge is 2.25. The number of hydrogen-bond acceptors (Lipinski definition) is 4. The van der Waals surface area contributed by atoms with Crippen LogP contribution >= 0.6 is 0 Å². The number of epoxide rings is 1. The molecule has 1 atom stereocenters. The Morgan fingerprint density at radius 2 is 2.25 bits per heavy atom. The third kappa shape index (κ3) is 1.79. The van der Waals surface area contributed by atoms with Gasteiger partial charge >= 0.3 is 5.97 Å². The summed E-state index contributed by atoms with van der Waals surface area (Å²) >= 11 is 0. The summed E-state index contributed by atoms with van der Waals surface area (Å²) in [4.78, 5) is 11.6.